The standard InChI is InChI=1S/C16H24O2/c1-4-5-6-7-10-18-12-16(17)15-11-13(2)8-9-14(15)3/h8-9,11H,4-7,10,12H2,1-3H3. The van der Waals surface area contributed by atoms with Gasteiger partial charge in [0.05, 0.1) is 0 Å². The Kier molecular flexibility index (Phi) is 6.66. The van der Waals surface area contributed by atoms with Crippen molar-refractivity contribution in [2.24, 2.45) is 0 Å². The molecule has 0 unspecified atom stereocenters. The van der Waals surface area contributed by atoms with Crippen LogP contribution in [0.5, 0.6) is 0 Å². The number of ether oxygens (including phenoxy) is 1. The molecule has 1 rings (SSSR count). The van der Waals surface area contributed by atoms with Gasteiger partial charge in [-0.3, -0.25) is 4.79 Å². The fourth-order valence-corrected chi connectivity index (χ4v) is 1.91. The van der Waals surface area contributed by atoms with Gasteiger partial charge in [-0.25, -0.2) is 0 Å². The van der Waals surface area contributed by atoms with Crippen LogP contribution < -0.4 is 0 Å². The third-order valence-electron chi connectivity index (χ3n) is 3.07. The Balaban J connectivity index is 2.34. The molecule has 0 amide bonds. The highest BCUT2D eigenvalue weighted by Crippen LogP contribution is 2.11. The van der Waals surface area contributed by atoms with Crippen molar-refractivity contribution in [1.82, 2.24) is 0 Å². The molecule has 100 valence electrons. The Bertz CT molecular complexity index is 383. The van der Waals surface area contributed by atoms with Gasteiger partial charge in [0.15, 0.2) is 5.78 Å². The number of hydrogen-bond donors (Lipinski definition) is 0. The van der Waals surface area contributed by atoms with E-state index in [0.717, 1.165) is 23.1 Å². The van der Waals surface area contributed by atoms with Gasteiger partial charge in [-0.05, 0) is 31.9 Å². The van der Waals surface area contributed by atoms with Gasteiger partial charge in [-0.1, -0.05) is 43.9 Å². The average Bonchev–Trinajstić information content (AvgIpc) is 2.36. The predicted molar refractivity (Wildman–Crippen MR) is 75.2 cm³/mol. The minimum atomic E-state index is 0.0895. The molecule has 0 heterocycles. The zero-order valence-electron chi connectivity index (χ0n) is 11.8. The zero-order chi connectivity index (χ0) is 13.4. The molecule has 0 bridgehead atoms. The second kappa shape index (κ2) is 8.04. The average molecular weight is 248 g/mol. The van der Waals surface area contributed by atoms with Crippen LogP contribution in [0.15, 0.2) is 18.2 Å². The third-order valence-corrected chi connectivity index (χ3v) is 3.07. The molecular weight excluding hydrogens is 224 g/mol. The zero-order valence-corrected chi connectivity index (χ0v) is 11.8. The molecule has 0 fully saturated rings. The van der Waals surface area contributed by atoms with E-state index in [1.165, 1.54) is 19.3 Å². The Morgan fingerprint density at radius 3 is 2.67 bits per heavy atom. The number of Topliss-reactive ketones (excluding diaryl/α,β-unsaturated/α-hetero) is 1. The maximum absolute atomic E-state index is 12.0. The van der Waals surface area contributed by atoms with E-state index in [1.54, 1.807) is 0 Å². The van der Waals surface area contributed by atoms with E-state index in [1.807, 2.05) is 32.0 Å². The normalized spacial score (nSPS) is 10.6. The highest BCUT2D eigenvalue weighted by molar-refractivity contribution is 5.98. The number of ketones is 1. The molecule has 0 spiro atoms. The van der Waals surface area contributed by atoms with E-state index in [2.05, 4.69) is 6.92 Å². The van der Waals surface area contributed by atoms with Gasteiger partial charge < -0.3 is 4.74 Å². The summed E-state index contributed by atoms with van der Waals surface area (Å²) in [5.41, 5.74) is 2.94. The van der Waals surface area contributed by atoms with Crippen molar-refractivity contribution in [3.05, 3.63) is 34.9 Å². The van der Waals surface area contributed by atoms with Gasteiger partial charge >= 0.3 is 0 Å². The Morgan fingerprint density at radius 2 is 1.94 bits per heavy atom. The molecule has 0 aromatic heterocycles. The minimum Gasteiger partial charge on any atom is -0.373 e. The summed E-state index contributed by atoms with van der Waals surface area (Å²) in [7, 11) is 0. The maximum atomic E-state index is 12.0. The van der Waals surface area contributed by atoms with Crippen molar-refractivity contribution in [2.45, 2.75) is 46.5 Å². The number of rotatable bonds is 8. The van der Waals surface area contributed by atoms with Gasteiger partial charge in [0.25, 0.3) is 0 Å². The lowest BCUT2D eigenvalue weighted by molar-refractivity contribution is 0.0751. The molecule has 0 aliphatic heterocycles. The van der Waals surface area contributed by atoms with Crippen molar-refractivity contribution in [3.8, 4) is 0 Å². The molecule has 0 saturated carbocycles. The number of benzene rings is 1. The van der Waals surface area contributed by atoms with Crippen LogP contribution in [0.1, 0.15) is 54.1 Å². The molecule has 0 atom stereocenters. The van der Waals surface area contributed by atoms with Gasteiger partial charge in [-0.2, -0.15) is 0 Å². The van der Waals surface area contributed by atoms with E-state index in [4.69, 9.17) is 4.74 Å². The van der Waals surface area contributed by atoms with Crippen molar-refractivity contribution in [3.63, 3.8) is 0 Å². The largest absolute Gasteiger partial charge is 0.373 e. The molecule has 0 saturated heterocycles. The summed E-state index contributed by atoms with van der Waals surface area (Å²) in [5.74, 6) is 0.0895. The molecule has 2 nitrogen and oxygen atoms in total. The van der Waals surface area contributed by atoms with E-state index < -0.39 is 0 Å². The van der Waals surface area contributed by atoms with Crippen molar-refractivity contribution >= 4 is 5.78 Å². The summed E-state index contributed by atoms with van der Waals surface area (Å²) in [5, 5.41) is 0. The molecule has 18 heavy (non-hydrogen) atoms. The second-order valence-electron chi connectivity index (χ2n) is 4.85. The number of hydrogen-bond acceptors (Lipinski definition) is 2. The summed E-state index contributed by atoms with van der Waals surface area (Å²) in [6, 6.07) is 5.96. The van der Waals surface area contributed by atoms with Crippen LogP contribution in [-0.4, -0.2) is 19.0 Å². The lowest BCUT2D eigenvalue weighted by Crippen LogP contribution is -2.11. The molecular formula is C16H24O2. The van der Waals surface area contributed by atoms with Crippen LogP contribution in [0.3, 0.4) is 0 Å². The van der Waals surface area contributed by atoms with E-state index in [-0.39, 0.29) is 12.4 Å². The van der Waals surface area contributed by atoms with Crippen LogP contribution in [-0.2, 0) is 4.74 Å². The summed E-state index contributed by atoms with van der Waals surface area (Å²) in [6.07, 6.45) is 4.71. The second-order valence-corrected chi connectivity index (χ2v) is 4.85. The number of aryl methyl sites for hydroxylation is 2. The smallest absolute Gasteiger partial charge is 0.188 e. The fraction of sp³-hybridized carbons (Fsp3) is 0.562. The van der Waals surface area contributed by atoms with Gasteiger partial charge in [-0.15, -0.1) is 0 Å². The van der Waals surface area contributed by atoms with Gasteiger partial charge in [0.1, 0.15) is 6.61 Å². The maximum Gasteiger partial charge on any atom is 0.188 e. The predicted octanol–water partition coefficient (Wildman–Crippen LogP) is 4.08. The Labute approximate surface area is 110 Å². The summed E-state index contributed by atoms with van der Waals surface area (Å²) in [4.78, 5) is 12.0. The number of carbonyl (C=O) groups excluding carboxylic acids is 1. The first-order valence-electron chi connectivity index (χ1n) is 6.83. The quantitative estimate of drug-likeness (QED) is 0.512. The highest BCUT2D eigenvalue weighted by Gasteiger charge is 2.09. The van der Waals surface area contributed by atoms with Crippen LogP contribution >= 0.6 is 0 Å². The van der Waals surface area contributed by atoms with Crippen LogP contribution in [0.2, 0.25) is 0 Å². The summed E-state index contributed by atoms with van der Waals surface area (Å²) < 4.78 is 5.44. The number of unbranched alkanes of at least 4 members (excludes halogenated alkanes) is 3. The third kappa shape index (κ3) is 5.01. The first-order chi connectivity index (χ1) is 8.65. The topological polar surface area (TPSA) is 26.3 Å². The molecule has 0 radical (unpaired) electrons. The molecule has 0 aliphatic rings. The van der Waals surface area contributed by atoms with Gasteiger partial charge in [0.2, 0.25) is 0 Å². The van der Waals surface area contributed by atoms with E-state index in [0.29, 0.717) is 6.61 Å². The van der Waals surface area contributed by atoms with Crippen molar-refractivity contribution in [2.75, 3.05) is 13.2 Å². The van der Waals surface area contributed by atoms with Crippen LogP contribution in [0, 0.1) is 13.8 Å². The van der Waals surface area contributed by atoms with Crippen LogP contribution in [0.25, 0.3) is 0 Å². The molecule has 1 aromatic rings. The van der Waals surface area contributed by atoms with E-state index >= 15 is 0 Å². The van der Waals surface area contributed by atoms with E-state index in [9.17, 15) is 4.79 Å². The number of carbonyl (C=O) groups is 1. The summed E-state index contributed by atoms with van der Waals surface area (Å²) in [6.45, 7) is 7.05. The lowest BCUT2D eigenvalue weighted by Gasteiger charge is -2.07. The molecule has 0 N–H and O–H groups in total. The fourth-order valence-electron chi connectivity index (χ4n) is 1.91. The van der Waals surface area contributed by atoms with Crippen molar-refractivity contribution < 1.29 is 9.53 Å². The first kappa shape index (κ1) is 14.9. The summed E-state index contributed by atoms with van der Waals surface area (Å²) >= 11 is 0. The SMILES string of the molecule is CCCCCCOCC(=O)c1cc(C)ccc1C. The first-order valence-corrected chi connectivity index (χ1v) is 6.83. The lowest BCUT2D eigenvalue weighted by atomic mass is 10.0. The molecule has 2 heteroatoms. The molecule has 1 aromatic carbocycles. The van der Waals surface area contributed by atoms with Gasteiger partial charge in [0, 0.05) is 12.2 Å². The molecule has 0 aliphatic carbocycles. The van der Waals surface area contributed by atoms with Crippen molar-refractivity contribution in [1.29, 1.82) is 0 Å². The Hall–Kier alpha value is -1.15. The monoisotopic (exact) mass is 248 g/mol. The minimum absolute atomic E-state index is 0.0895. The highest BCUT2D eigenvalue weighted by atomic mass is 16.5. The van der Waals surface area contributed by atoms with Crippen LogP contribution in [0.4, 0.5) is 0 Å². The Morgan fingerprint density at radius 1 is 1.17 bits per heavy atom.